The van der Waals surface area contributed by atoms with Crippen molar-refractivity contribution in [2.24, 2.45) is 0 Å². The van der Waals surface area contributed by atoms with E-state index < -0.39 is 0 Å². The van der Waals surface area contributed by atoms with Gasteiger partial charge in [0, 0.05) is 31.8 Å². The second-order valence-corrected chi connectivity index (χ2v) is 6.44. The average molecular weight is 351 g/mol. The molecule has 6 heteroatoms. The zero-order chi connectivity index (χ0) is 17.9. The molecule has 1 atom stereocenters. The number of hydrogen-bond donors (Lipinski definition) is 0. The zero-order valence-corrected chi connectivity index (χ0v) is 14.7. The fourth-order valence-corrected chi connectivity index (χ4v) is 3.46. The van der Waals surface area contributed by atoms with E-state index in [9.17, 15) is 4.79 Å². The molecule has 0 aliphatic carbocycles. The molecule has 26 heavy (non-hydrogen) atoms. The van der Waals surface area contributed by atoms with Gasteiger partial charge < -0.3 is 14.1 Å². The number of rotatable bonds is 5. The summed E-state index contributed by atoms with van der Waals surface area (Å²) in [5, 5.41) is 0. The molecular weight excluding hydrogens is 330 g/mol. The number of methoxy groups -OCH3 is 1. The van der Waals surface area contributed by atoms with Crippen molar-refractivity contribution in [3.63, 3.8) is 0 Å². The van der Waals surface area contributed by atoms with Crippen molar-refractivity contribution < 1.29 is 13.9 Å². The van der Waals surface area contributed by atoms with Crippen molar-refractivity contribution in [2.75, 3.05) is 20.3 Å². The van der Waals surface area contributed by atoms with Crippen LogP contribution < -0.4 is 0 Å². The van der Waals surface area contributed by atoms with E-state index in [2.05, 4.69) is 9.97 Å². The third-order valence-electron chi connectivity index (χ3n) is 4.74. The average Bonchev–Trinajstić information content (AvgIpc) is 3.32. The predicted octanol–water partition coefficient (Wildman–Crippen LogP) is 3.39. The molecular formula is C20H21N3O3. The Bertz CT molecular complexity index is 907. The lowest BCUT2D eigenvalue weighted by atomic mass is 10.1. The number of hydrogen-bond acceptors (Lipinski definition) is 5. The number of benzene rings is 1. The van der Waals surface area contributed by atoms with Gasteiger partial charge in [0.15, 0.2) is 11.5 Å². The maximum Gasteiger partial charge on any atom is 0.254 e. The van der Waals surface area contributed by atoms with Crippen LogP contribution in [0.2, 0.25) is 0 Å². The van der Waals surface area contributed by atoms with Gasteiger partial charge in [-0.1, -0.05) is 6.07 Å². The number of likely N-dealkylation sites (tertiary alicyclic amines) is 1. The molecule has 0 radical (unpaired) electrons. The molecule has 0 spiro atoms. The van der Waals surface area contributed by atoms with Crippen molar-refractivity contribution in [3.8, 4) is 0 Å². The highest BCUT2D eigenvalue weighted by Gasteiger charge is 2.31. The molecule has 3 heterocycles. The van der Waals surface area contributed by atoms with Gasteiger partial charge in [0.2, 0.25) is 0 Å². The van der Waals surface area contributed by atoms with E-state index in [0.717, 1.165) is 30.6 Å². The fourth-order valence-electron chi connectivity index (χ4n) is 3.46. The van der Waals surface area contributed by atoms with E-state index in [1.807, 2.05) is 35.2 Å². The molecule has 1 fully saturated rings. The summed E-state index contributed by atoms with van der Waals surface area (Å²) >= 11 is 0. The molecule has 1 aliphatic rings. The summed E-state index contributed by atoms with van der Waals surface area (Å²) in [5.74, 6) is 0.633. The third-order valence-corrected chi connectivity index (χ3v) is 4.74. The minimum absolute atomic E-state index is 0.00916. The monoisotopic (exact) mass is 351 g/mol. The number of ether oxygens (including phenoxy) is 1. The first-order valence-electron chi connectivity index (χ1n) is 8.86. The molecule has 2 aromatic heterocycles. The smallest absolute Gasteiger partial charge is 0.254 e. The number of fused-ring (bicyclic) bond motifs is 1. The molecule has 0 N–H and O–H groups in total. The highest BCUT2D eigenvalue weighted by Crippen LogP contribution is 2.32. The number of aromatic nitrogens is 2. The molecule has 1 saturated heterocycles. The van der Waals surface area contributed by atoms with Gasteiger partial charge in [-0.15, -0.1) is 0 Å². The molecule has 0 bridgehead atoms. The van der Waals surface area contributed by atoms with Gasteiger partial charge in [-0.2, -0.15) is 0 Å². The minimum atomic E-state index is 0.00916. The summed E-state index contributed by atoms with van der Waals surface area (Å²) in [5.41, 5.74) is 2.96. The predicted molar refractivity (Wildman–Crippen MR) is 96.8 cm³/mol. The molecule has 6 nitrogen and oxygen atoms in total. The molecule has 1 aromatic carbocycles. The maximum atomic E-state index is 13.1. The Morgan fingerprint density at radius 3 is 3.08 bits per heavy atom. The van der Waals surface area contributed by atoms with E-state index in [-0.39, 0.29) is 11.9 Å². The molecule has 1 amide bonds. The first-order valence-corrected chi connectivity index (χ1v) is 8.86. The maximum absolute atomic E-state index is 13.1. The highest BCUT2D eigenvalue weighted by molar-refractivity contribution is 5.97. The second kappa shape index (κ2) is 7.25. The first-order chi connectivity index (χ1) is 12.8. The van der Waals surface area contributed by atoms with Crippen molar-refractivity contribution in [1.82, 2.24) is 14.9 Å². The van der Waals surface area contributed by atoms with Crippen LogP contribution in [0.25, 0.3) is 11.1 Å². The van der Waals surface area contributed by atoms with E-state index in [4.69, 9.17) is 9.15 Å². The van der Waals surface area contributed by atoms with Crippen LogP contribution in [0.4, 0.5) is 0 Å². The van der Waals surface area contributed by atoms with Crippen LogP contribution >= 0.6 is 0 Å². The van der Waals surface area contributed by atoms with Gasteiger partial charge in [-0.25, -0.2) is 4.98 Å². The lowest BCUT2D eigenvalue weighted by Gasteiger charge is -2.24. The van der Waals surface area contributed by atoms with Crippen LogP contribution in [0.1, 0.15) is 40.8 Å². The Morgan fingerprint density at radius 2 is 2.27 bits per heavy atom. The zero-order valence-electron chi connectivity index (χ0n) is 14.7. The number of carbonyl (C=O) groups is 1. The standard InChI is InChI=1S/C20H21N3O3/c1-25-12-9-19-22-16-8-7-14(13-18(16)26-19)20(24)23-11-4-6-17(23)15-5-2-3-10-21-15/h2-3,5,7-8,10,13,17H,4,6,9,11-12H2,1H3. The van der Waals surface area contributed by atoms with Gasteiger partial charge in [0.05, 0.1) is 18.3 Å². The Balaban J connectivity index is 1.59. The van der Waals surface area contributed by atoms with Crippen molar-refractivity contribution in [3.05, 3.63) is 59.7 Å². The van der Waals surface area contributed by atoms with E-state index >= 15 is 0 Å². The summed E-state index contributed by atoms with van der Waals surface area (Å²) in [6, 6.07) is 11.3. The second-order valence-electron chi connectivity index (χ2n) is 6.44. The Labute approximate surface area is 151 Å². The van der Waals surface area contributed by atoms with Gasteiger partial charge in [-0.05, 0) is 43.2 Å². The molecule has 134 valence electrons. The lowest BCUT2D eigenvalue weighted by molar-refractivity contribution is 0.0733. The van der Waals surface area contributed by atoms with Crippen LogP contribution in [0.5, 0.6) is 0 Å². The Kier molecular flexibility index (Phi) is 4.67. The van der Waals surface area contributed by atoms with E-state index in [0.29, 0.717) is 30.1 Å². The largest absolute Gasteiger partial charge is 0.441 e. The molecule has 1 unspecified atom stereocenters. The van der Waals surface area contributed by atoms with Crippen LogP contribution in [0.3, 0.4) is 0 Å². The molecule has 0 saturated carbocycles. The lowest BCUT2D eigenvalue weighted by Crippen LogP contribution is -2.30. The number of pyridine rings is 1. The summed E-state index contributed by atoms with van der Waals surface area (Å²) in [6.07, 6.45) is 4.31. The van der Waals surface area contributed by atoms with E-state index in [1.165, 1.54) is 0 Å². The normalized spacial score (nSPS) is 17.1. The van der Waals surface area contributed by atoms with Gasteiger partial charge in [0.25, 0.3) is 5.91 Å². The topological polar surface area (TPSA) is 68.5 Å². The molecule has 3 aromatic rings. The van der Waals surface area contributed by atoms with Gasteiger partial charge >= 0.3 is 0 Å². The highest BCUT2D eigenvalue weighted by atomic mass is 16.5. The van der Waals surface area contributed by atoms with Gasteiger partial charge in [0.1, 0.15) is 5.52 Å². The fraction of sp³-hybridized carbons (Fsp3) is 0.350. The third kappa shape index (κ3) is 3.20. The minimum Gasteiger partial charge on any atom is -0.441 e. The quantitative estimate of drug-likeness (QED) is 0.705. The Morgan fingerprint density at radius 1 is 1.35 bits per heavy atom. The summed E-state index contributed by atoms with van der Waals surface area (Å²) in [4.78, 5) is 23.8. The van der Waals surface area contributed by atoms with Crippen LogP contribution in [0.15, 0.2) is 47.0 Å². The molecule has 1 aliphatic heterocycles. The van der Waals surface area contributed by atoms with Gasteiger partial charge in [-0.3, -0.25) is 9.78 Å². The number of nitrogens with zero attached hydrogens (tertiary/aromatic N) is 3. The number of oxazole rings is 1. The number of amides is 1. The summed E-state index contributed by atoms with van der Waals surface area (Å²) < 4.78 is 10.8. The first kappa shape index (κ1) is 16.7. The van der Waals surface area contributed by atoms with Crippen molar-refractivity contribution >= 4 is 17.0 Å². The van der Waals surface area contributed by atoms with Crippen molar-refractivity contribution in [2.45, 2.75) is 25.3 Å². The number of carbonyl (C=O) groups excluding carboxylic acids is 1. The van der Waals surface area contributed by atoms with E-state index in [1.54, 1.807) is 19.4 Å². The van der Waals surface area contributed by atoms with Crippen LogP contribution in [-0.2, 0) is 11.2 Å². The van der Waals surface area contributed by atoms with Crippen molar-refractivity contribution in [1.29, 1.82) is 0 Å². The van der Waals surface area contributed by atoms with Crippen LogP contribution in [0, 0.1) is 0 Å². The SMILES string of the molecule is COCCc1nc2ccc(C(=O)N3CCCC3c3ccccn3)cc2o1. The molecule has 4 rings (SSSR count). The Hall–Kier alpha value is -2.73. The summed E-state index contributed by atoms with van der Waals surface area (Å²) in [7, 11) is 1.65. The summed E-state index contributed by atoms with van der Waals surface area (Å²) in [6.45, 7) is 1.30. The van der Waals surface area contributed by atoms with Crippen LogP contribution in [-0.4, -0.2) is 41.0 Å².